The lowest BCUT2D eigenvalue weighted by Crippen LogP contribution is -2.43. The van der Waals surface area contributed by atoms with Crippen LogP contribution in [0.2, 0.25) is 18.1 Å². The van der Waals surface area contributed by atoms with Gasteiger partial charge in [0.15, 0.2) is 8.32 Å². The number of rotatable bonds is 7. The van der Waals surface area contributed by atoms with Crippen molar-refractivity contribution >= 4 is 8.32 Å². The van der Waals surface area contributed by atoms with Crippen LogP contribution in [-0.2, 0) is 4.43 Å². The third-order valence-electron chi connectivity index (χ3n) is 5.78. The molecule has 23 heavy (non-hydrogen) atoms. The largest absolute Gasteiger partial charge is 0.417 e. The van der Waals surface area contributed by atoms with Crippen molar-refractivity contribution in [1.29, 1.82) is 0 Å². The van der Waals surface area contributed by atoms with Crippen LogP contribution in [0.1, 0.15) is 66.7 Å². The molecule has 0 aromatic rings. The molecule has 3 heteroatoms. The molecule has 1 aliphatic rings. The van der Waals surface area contributed by atoms with E-state index in [-0.39, 0.29) is 11.1 Å². The molecule has 0 bridgehead atoms. The molecular weight excluding hydrogens is 300 g/mol. The molecule has 1 fully saturated rings. The first kappa shape index (κ1) is 20.9. The maximum Gasteiger partial charge on any atom is 0.191 e. The zero-order valence-electron chi connectivity index (χ0n) is 16.6. The zero-order valence-corrected chi connectivity index (χ0v) is 17.6. The second-order valence-corrected chi connectivity index (χ2v) is 14.2. The summed E-state index contributed by atoms with van der Waals surface area (Å²) in [7, 11) is -1.68. The Kier molecular flexibility index (Phi) is 8.02. The van der Waals surface area contributed by atoms with Crippen molar-refractivity contribution in [3.63, 3.8) is 0 Å². The maximum atomic E-state index is 10.0. The monoisotopic (exact) mass is 340 g/mol. The van der Waals surface area contributed by atoms with Gasteiger partial charge in [0.1, 0.15) is 0 Å². The van der Waals surface area contributed by atoms with E-state index in [1.807, 2.05) is 0 Å². The molecule has 3 atom stereocenters. The van der Waals surface area contributed by atoms with Gasteiger partial charge in [0.05, 0.1) is 6.10 Å². The van der Waals surface area contributed by atoms with Gasteiger partial charge in [0.25, 0.3) is 0 Å². The molecule has 136 valence electrons. The standard InChI is InChI=1S/C20H40O2Si/c1-16(2)10-8-9-11-17-14-19(21)13-12-18(17)15-22-23(6,7)20(3,4)5/h9,11,16-19,21H,8,10,12-15H2,1-7H3/b11-9+/t17-,18+,19+/m0/s1. The second-order valence-electron chi connectivity index (χ2n) is 9.36. The predicted molar refractivity (Wildman–Crippen MR) is 103 cm³/mol. The molecule has 0 aromatic heterocycles. The number of aliphatic hydroxyl groups excluding tert-OH is 1. The van der Waals surface area contributed by atoms with E-state index >= 15 is 0 Å². The van der Waals surface area contributed by atoms with Gasteiger partial charge in [0.2, 0.25) is 0 Å². The summed E-state index contributed by atoms with van der Waals surface area (Å²) in [4.78, 5) is 0. The van der Waals surface area contributed by atoms with Crippen LogP contribution in [0, 0.1) is 17.8 Å². The average molecular weight is 341 g/mol. The van der Waals surface area contributed by atoms with E-state index in [0.29, 0.717) is 11.8 Å². The van der Waals surface area contributed by atoms with Crippen LogP contribution < -0.4 is 0 Å². The molecule has 0 aliphatic heterocycles. The van der Waals surface area contributed by atoms with Gasteiger partial charge >= 0.3 is 0 Å². The van der Waals surface area contributed by atoms with Crippen molar-refractivity contribution in [2.45, 2.75) is 91.0 Å². The molecule has 2 nitrogen and oxygen atoms in total. The SMILES string of the molecule is CC(C)CC/C=C/[C@H]1C[C@H](O)CC[C@@H]1CO[Si](C)(C)C(C)(C)C. The molecule has 0 radical (unpaired) electrons. The van der Waals surface area contributed by atoms with Gasteiger partial charge in [0, 0.05) is 6.61 Å². The van der Waals surface area contributed by atoms with Crippen molar-refractivity contribution in [2.24, 2.45) is 17.8 Å². The molecule has 0 amide bonds. The smallest absolute Gasteiger partial charge is 0.191 e. The minimum Gasteiger partial charge on any atom is -0.417 e. The number of allylic oxidation sites excluding steroid dienone is 2. The topological polar surface area (TPSA) is 29.5 Å². The summed E-state index contributed by atoms with van der Waals surface area (Å²) in [5.74, 6) is 1.81. The minimum atomic E-state index is -1.68. The van der Waals surface area contributed by atoms with Crippen molar-refractivity contribution in [3.05, 3.63) is 12.2 Å². The molecule has 0 heterocycles. The molecule has 0 aromatic carbocycles. The van der Waals surface area contributed by atoms with Crippen LogP contribution in [0.25, 0.3) is 0 Å². The van der Waals surface area contributed by atoms with Gasteiger partial charge in [-0.05, 0) is 68.0 Å². The molecule has 1 N–H and O–H groups in total. The summed E-state index contributed by atoms with van der Waals surface area (Å²) in [6, 6.07) is 0. The molecule has 0 saturated heterocycles. The first-order chi connectivity index (χ1) is 10.5. The highest BCUT2D eigenvalue weighted by Crippen LogP contribution is 2.39. The van der Waals surface area contributed by atoms with Crippen molar-refractivity contribution in [2.75, 3.05) is 6.61 Å². The minimum absolute atomic E-state index is 0.126. The highest BCUT2D eigenvalue weighted by Gasteiger charge is 2.38. The summed E-state index contributed by atoms with van der Waals surface area (Å²) in [6.07, 6.45) is 9.91. The van der Waals surface area contributed by atoms with E-state index < -0.39 is 8.32 Å². The Morgan fingerprint density at radius 1 is 1.22 bits per heavy atom. The van der Waals surface area contributed by atoms with Crippen LogP contribution >= 0.6 is 0 Å². The fraction of sp³-hybridized carbons (Fsp3) is 0.900. The molecular formula is C20H40O2Si. The first-order valence-electron chi connectivity index (χ1n) is 9.51. The Morgan fingerprint density at radius 2 is 1.87 bits per heavy atom. The van der Waals surface area contributed by atoms with E-state index in [2.05, 4.69) is 59.9 Å². The second kappa shape index (κ2) is 8.82. The van der Waals surface area contributed by atoms with Crippen molar-refractivity contribution in [1.82, 2.24) is 0 Å². The van der Waals surface area contributed by atoms with Crippen molar-refractivity contribution in [3.8, 4) is 0 Å². The van der Waals surface area contributed by atoms with E-state index in [4.69, 9.17) is 4.43 Å². The van der Waals surface area contributed by atoms with Gasteiger partial charge in [-0.15, -0.1) is 0 Å². The predicted octanol–water partition coefficient (Wildman–Crippen LogP) is 5.78. The lowest BCUT2D eigenvalue weighted by atomic mass is 9.78. The molecule has 0 unspecified atom stereocenters. The van der Waals surface area contributed by atoms with E-state index in [1.54, 1.807) is 0 Å². The fourth-order valence-electron chi connectivity index (χ4n) is 2.92. The molecule has 1 aliphatic carbocycles. The summed E-state index contributed by atoms with van der Waals surface area (Å²) < 4.78 is 6.47. The van der Waals surface area contributed by atoms with Crippen molar-refractivity contribution < 1.29 is 9.53 Å². The third-order valence-corrected chi connectivity index (χ3v) is 10.3. The zero-order chi connectivity index (χ0) is 17.7. The number of aliphatic hydroxyl groups is 1. The molecule has 1 saturated carbocycles. The van der Waals surface area contributed by atoms with Gasteiger partial charge in [-0.25, -0.2) is 0 Å². The Hall–Kier alpha value is -0.123. The van der Waals surface area contributed by atoms with Gasteiger partial charge in [-0.3, -0.25) is 0 Å². The quantitative estimate of drug-likeness (QED) is 0.470. The Morgan fingerprint density at radius 3 is 2.43 bits per heavy atom. The third kappa shape index (κ3) is 7.11. The molecule has 1 rings (SSSR count). The van der Waals surface area contributed by atoms with Gasteiger partial charge < -0.3 is 9.53 Å². The molecule has 0 spiro atoms. The maximum absolute atomic E-state index is 10.0. The summed E-state index contributed by atoms with van der Waals surface area (Å²) in [5, 5.41) is 10.3. The highest BCUT2D eigenvalue weighted by molar-refractivity contribution is 6.74. The number of hydrogen-bond donors (Lipinski definition) is 1. The fourth-order valence-corrected chi connectivity index (χ4v) is 3.98. The number of hydrogen-bond acceptors (Lipinski definition) is 2. The normalized spacial score (nSPS) is 27.1. The van der Waals surface area contributed by atoms with Gasteiger partial charge in [-0.2, -0.15) is 0 Å². The van der Waals surface area contributed by atoms with Gasteiger partial charge in [-0.1, -0.05) is 46.8 Å². The van der Waals surface area contributed by atoms with Crippen LogP contribution in [0.5, 0.6) is 0 Å². The van der Waals surface area contributed by atoms with E-state index in [0.717, 1.165) is 38.2 Å². The first-order valence-corrected chi connectivity index (χ1v) is 12.4. The lowest BCUT2D eigenvalue weighted by molar-refractivity contribution is 0.0631. The van der Waals surface area contributed by atoms with E-state index in [1.165, 1.54) is 6.42 Å². The summed E-state index contributed by atoms with van der Waals surface area (Å²) >= 11 is 0. The lowest BCUT2D eigenvalue weighted by Gasteiger charge is -2.39. The Balaban J connectivity index is 2.59. The Labute approximate surface area is 145 Å². The van der Waals surface area contributed by atoms with Crippen LogP contribution in [0.15, 0.2) is 12.2 Å². The van der Waals surface area contributed by atoms with E-state index in [9.17, 15) is 5.11 Å². The summed E-state index contributed by atoms with van der Waals surface area (Å²) in [6.45, 7) is 17.0. The van der Waals surface area contributed by atoms with Crippen LogP contribution in [0.4, 0.5) is 0 Å². The van der Waals surface area contributed by atoms with Crippen LogP contribution in [0.3, 0.4) is 0 Å². The highest BCUT2D eigenvalue weighted by atomic mass is 28.4. The average Bonchev–Trinajstić information content (AvgIpc) is 2.41. The summed E-state index contributed by atoms with van der Waals surface area (Å²) in [5.41, 5.74) is 0. The Bertz CT molecular complexity index is 368. The van der Waals surface area contributed by atoms with Crippen LogP contribution in [-0.4, -0.2) is 26.1 Å².